The quantitative estimate of drug-likeness (QED) is 0.785. The largest absolute Gasteiger partial charge is 0.325 e. The van der Waals surface area contributed by atoms with E-state index < -0.39 is 6.04 Å². The molecule has 0 fully saturated rings. The van der Waals surface area contributed by atoms with Crippen LogP contribution in [-0.4, -0.2) is 23.6 Å². The number of anilines is 1. The second-order valence-electron chi connectivity index (χ2n) is 5.43. The van der Waals surface area contributed by atoms with Gasteiger partial charge >= 0.3 is 0 Å². The Hall–Kier alpha value is -1.92. The number of halogens is 1. The van der Waals surface area contributed by atoms with Crippen molar-refractivity contribution in [3.05, 3.63) is 29.8 Å². The van der Waals surface area contributed by atoms with Gasteiger partial charge in [0.2, 0.25) is 11.8 Å². The lowest BCUT2D eigenvalue weighted by molar-refractivity contribution is -0.121. The molecule has 7 heteroatoms. The highest BCUT2D eigenvalue weighted by molar-refractivity contribution is 6.04. The molecule has 120 valence electrons. The molecule has 4 N–H and O–H groups in total. The number of nitrogens with zero attached hydrogens (tertiary/aromatic N) is 1. The van der Waals surface area contributed by atoms with E-state index >= 15 is 0 Å². The highest BCUT2D eigenvalue weighted by Gasteiger charge is 2.17. The predicted octanol–water partition coefficient (Wildman–Crippen LogP) is 1.64. The minimum Gasteiger partial charge on any atom is -0.325 e. The van der Waals surface area contributed by atoms with Crippen molar-refractivity contribution in [3.8, 4) is 0 Å². The second kappa shape index (κ2) is 7.91. The molecule has 22 heavy (non-hydrogen) atoms. The summed E-state index contributed by atoms with van der Waals surface area (Å²) >= 11 is 0. The van der Waals surface area contributed by atoms with E-state index in [1.165, 1.54) is 0 Å². The summed E-state index contributed by atoms with van der Waals surface area (Å²) in [4.78, 5) is 22.9. The Morgan fingerprint density at radius 1 is 1.27 bits per heavy atom. The van der Waals surface area contributed by atoms with Gasteiger partial charge in [-0.25, -0.2) is 5.43 Å². The number of amides is 2. The molecule has 0 radical (unpaired) electrons. The van der Waals surface area contributed by atoms with Crippen molar-refractivity contribution in [2.75, 3.05) is 5.32 Å². The van der Waals surface area contributed by atoms with Crippen LogP contribution in [0, 0.1) is 5.92 Å². The predicted molar refractivity (Wildman–Crippen MR) is 89.0 cm³/mol. The fourth-order valence-corrected chi connectivity index (χ4v) is 1.96. The molecular formula is C15H21ClN4O2. The molecule has 0 saturated heterocycles. The normalized spacial score (nSPS) is 15.5. The van der Waals surface area contributed by atoms with Gasteiger partial charge in [-0.05, 0) is 23.6 Å². The van der Waals surface area contributed by atoms with Crippen LogP contribution in [0.2, 0.25) is 0 Å². The van der Waals surface area contributed by atoms with Crippen molar-refractivity contribution in [3.63, 3.8) is 0 Å². The van der Waals surface area contributed by atoms with Gasteiger partial charge in [0.15, 0.2) is 0 Å². The van der Waals surface area contributed by atoms with Crippen LogP contribution in [0.4, 0.5) is 5.69 Å². The van der Waals surface area contributed by atoms with Crippen molar-refractivity contribution in [2.45, 2.75) is 32.7 Å². The summed E-state index contributed by atoms with van der Waals surface area (Å²) in [6, 6.07) is 6.82. The van der Waals surface area contributed by atoms with Gasteiger partial charge in [0.25, 0.3) is 0 Å². The Morgan fingerprint density at radius 3 is 2.41 bits per heavy atom. The number of hydrogen-bond acceptors (Lipinski definition) is 4. The number of nitrogens with one attached hydrogen (secondary N) is 2. The molecule has 0 bridgehead atoms. The van der Waals surface area contributed by atoms with Crippen LogP contribution in [0.25, 0.3) is 0 Å². The summed E-state index contributed by atoms with van der Waals surface area (Å²) in [5.74, 6) is -0.171. The minimum atomic E-state index is -0.525. The van der Waals surface area contributed by atoms with Gasteiger partial charge in [0.1, 0.15) is 0 Å². The van der Waals surface area contributed by atoms with Gasteiger partial charge in [-0.15, -0.1) is 12.4 Å². The van der Waals surface area contributed by atoms with E-state index in [1.807, 2.05) is 26.0 Å². The summed E-state index contributed by atoms with van der Waals surface area (Å²) in [5, 5.41) is 6.82. The summed E-state index contributed by atoms with van der Waals surface area (Å²) in [6.45, 7) is 3.81. The first kappa shape index (κ1) is 18.1. The number of carbonyl (C=O) groups is 2. The first-order chi connectivity index (χ1) is 9.97. The third-order valence-electron chi connectivity index (χ3n) is 3.41. The number of carbonyl (C=O) groups excluding carboxylic acids is 2. The third-order valence-corrected chi connectivity index (χ3v) is 3.41. The topological polar surface area (TPSA) is 96.6 Å². The molecule has 0 spiro atoms. The summed E-state index contributed by atoms with van der Waals surface area (Å²) in [5.41, 5.74) is 10.7. The molecule has 1 aliphatic rings. The molecule has 0 aliphatic carbocycles. The lowest BCUT2D eigenvalue weighted by Crippen LogP contribution is -2.39. The Bertz CT molecular complexity index is 569. The molecule has 6 nitrogen and oxygen atoms in total. The minimum absolute atomic E-state index is 0. The van der Waals surface area contributed by atoms with Crippen LogP contribution in [0.5, 0.6) is 0 Å². The van der Waals surface area contributed by atoms with Crippen LogP contribution < -0.4 is 16.5 Å². The summed E-state index contributed by atoms with van der Waals surface area (Å²) < 4.78 is 0. The standard InChI is InChI=1S/C15H20N4O2.ClH/c1-9(2)14(16)15(21)17-11-5-3-10(4-6-11)12-7-8-13(20)19-18-12;/h3-6,9,14H,7-8,16H2,1-2H3,(H,17,21)(H,19,20);1H/t14-;/m0./s1. The monoisotopic (exact) mass is 324 g/mol. The van der Waals surface area contributed by atoms with Gasteiger partial charge in [-0.2, -0.15) is 5.10 Å². The molecule has 1 heterocycles. The molecule has 1 aliphatic heterocycles. The molecule has 1 atom stereocenters. The number of hydrogen-bond donors (Lipinski definition) is 3. The third kappa shape index (κ3) is 4.54. The fraction of sp³-hybridized carbons (Fsp3) is 0.400. The van der Waals surface area contributed by atoms with E-state index in [-0.39, 0.29) is 30.1 Å². The van der Waals surface area contributed by atoms with Crippen molar-refractivity contribution in [1.82, 2.24) is 5.43 Å². The van der Waals surface area contributed by atoms with Gasteiger partial charge in [-0.3, -0.25) is 9.59 Å². The maximum Gasteiger partial charge on any atom is 0.241 e. The average molecular weight is 325 g/mol. The first-order valence-corrected chi connectivity index (χ1v) is 6.99. The van der Waals surface area contributed by atoms with E-state index in [1.54, 1.807) is 12.1 Å². The van der Waals surface area contributed by atoms with Crippen LogP contribution in [0.1, 0.15) is 32.3 Å². The SMILES string of the molecule is CC(C)[C@H](N)C(=O)Nc1ccc(C2=NNC(=O)CC2)cc1.Cl. The second-order valence-corrected chi connectivity index (χ2v) is 5.43. The molecular weight excluding hydrogens is 304 g/mol. The average Bonchev–Trinajstić information content (AvgIpc) is 2.48. The highest BCUT2D eigenvalue weighted by atomic mass is 35.5. The lowest BCUT2D eigenvalue weighted by atomic mass is 10.0. The first-order valence-electron chi connectivity index (χ1n) is 6.99. The number of hydrazone groups is 1. The smallest absolute Gasteiger partial charge is 0.241 e. The number of benzene rings is 1. The van der Waals surface area contributed by atoms with E-state index in [4.69, 9.17) is 5.73 Å². The molecule has 0 unspecified atom stereocenters. The molecule has 0 saturated carbocycles. The molecule has 1 aromatic carbocycles. The molecule has 0 aromatic heterocycles. The van der Waals surface area contributed by atoms with Crippen LogP contribution >= 0.6 is 12.4 Å². The molecule has 2 amide bonds. The van der Waals surface area contributed by atoms with E-state index in [0.717, 1.165) is 11.3 Å². The van der Waals surface area contributed by atoms with E-state index in [2.05, 4.69) is 15.8 Å². The summed E-state index contributed by atoms with van der Waals surface area (Å²) in [6.07, 6.45) is 1.07. The zero-order valence-corrected chi connectivity index (χ0v) is 13.4. The van der Waals surface area contributed by atoms with Crippen molar-refractivity contribution >= 4 is 35.6 Å². The maximum atomic E-state index is 11.9. The lowest BCUT2D eigenvalue weighted by Gasteiger charge is -2.16. The molecule has 1 aromatic rings. The number of nitrogens with two attached hydrogens (primary N) is 1. The number of rotatable bonds is 4. The zero-order chi connectivity index (χ0) is 15.4. The van der Waals surface area contributed by atoms with E-state index in [9.17, 15) is 9.59 Å². The van der Waals surface area contributed by atoms with E-state index in [0.29, 0.717) is 18.5 Å². The van der Waals surface area contributed by atoms with Crippen LogP contribution in [-0.2, 0) is 9.59 Å². The Balaban J connectivity index is 0.00000242. The fourth-order valence-electron chi connectivity index (χ4n) is 1.96. The molecule has 2 rings (SSSR count). The Labute approximate surface area is 135 Å². The van der Waals surface area contributed by atoms with Crippen LogP contribution in [0.3, 0.4) is 0 Å². The van der Waals surface area contributed by atoms with Gasteiger partial charge in [0, 0.05) is 18.5 Å². The van der Waals surface area contributed by atoms with Crippen molar-refractivity contribution < 1.29 is 9.59 Å². The zero-order valence-electron chi connectivity index (χ0n) is 12.6. The van der Waals surface area contributed by atoms with Crippen molar-refractivity contribution in [1.29, 1.82) is 0 Å². The van der Waals surface area contributed by atoms with Gasteiger partial charge in [0.05, 0.1) is 11.8 Å². The van der Waals surface area contributed by atoms with Gasteiger partial charge < -0.3 is 11.1 Å². The van der Waals surface area contributed by atoms with Crippen LogP contribution in [0.15, 0.2) is 29.4 Å². The van der Waals surface area contributed by atoms with Crippen molar-refractivity contribution in [2.24, 2.45) is 16.8 Å². The Morgan fingerprint density at radius 2 is 1.91 bits per heavy atom. The van der Waals surface area contributed by atoms with Gasteiger partial charge in [-0.1, -0.05) is 26.0 Å². The summed E-state index contributed by atoms with van der Waals surface area (Å²) in [7, 11) is 0. The maximum absolute atomic E-state index is 11.9. The highest BCUT2D eigenvalue weighted by Crippen LogP contribution is 2.15. The Kier molecular flexibility index (Phi) is 6.52.